The lowest BCUT2D eigenvalue weighted by atomic mass is 9.86. The molecule has 1 aliphatic carbocycles. The van der Waals surface area contributed by atoms with Gasteiger partial charge in [0.15, 0.2) is 8.68 Å². The van der Waals surface area contributed by atoms with Gasteiger partial charge in [-0.3, -0.25) is 0 Å². The number of aromatic nitrogens is 2. The zero-order valence-electron chi connectivity index (χ0n) is 9.31. The second-order valence-electron chi connectivity index (χ2n) is 4.11. The van der Waals surface area contributed by atoms with E-state index in [2.05, 4.69) is 10.2 Å². The SMILES string of the molecule is CSc1nnc(SCC2(O)CCCCC2)s1. The number of nitrogens with zero attached hydrogens (tertiary/aromatic N) is 2. The molecule has 0 aromatic carbocycles. The molecule has 1 aromatic heterocycles. The predicted octanol–water partition coefficient (Wildman–Crippen LogP) is 3.05. The maximum Gasteiger partial charge on any atom is 0.175 e. The van der Waals surface area contributed by atoms with E-state index in [4.69, 9.17) is 0 Å². The van der Waals surface area contributed by atoms with Gasteiger partial charge in [-0.2, -0.15) is 0 Å². The molecule has 2 rings (SSSR count). The molecule has 1 aliphatic rings. The molecule has 0 saturated heterocycles. The van der Waals surface area contributed by atoms with Crippen LogP contribution in [0.5, 0.6) is 0 Å². The van der Waals surface area contributed by atoms with Crippen LogP contribution < -0.4 is 0 Å². The molecule has 3 nitrogen and oxygen atoms in total. The molecule has 90 valence electrons. The summed E-state index contributed by atoms with van der Waals surface area (Å²) in [5, 5.41) is 18.5. The molecule has 0 aliphatic heterocycles. The van der Waals surface area contributed by atoms with E-state index in [-0.39, 0.29) is 0 Å². The van der Waals surface area contributed by atoms with Crippen LogP contribution in [0.1, 0.15) is 32.1 Å². The highest BCUT2D eigenvalue weighted by molar-refractivity contribution is 8.03. The minimum Gasteiger partial charge on any atom is -0.389 e. The largest absolute Gasteiger partial charge is 0.389 e. The second kappa shape index (κ2) is 5.71. The summed E-state index contributed by atoms with van der Waals surface area (Å²) in [5.74, 6) is 0.760. The van der Waals surface area contributed by atoms with Crippen molar-refractivity contribution in [1.82, 2.24) is 10.2 Å². The van der Waals surface area contributed by atoms with E-state index in [1.165, 1.54) is 6.42 Å². The van der Waals surface area contributed by atoms with Crippen molar-refractivity contribution >= 4 is 34.9 Å². The fraction of sp³-hybridized carbons (Fsp3) is 0.800. The summed E-state index contributed by atoms with van der Waals surface area (Å²) in [6, 6.07) is 0. The molecule has 0 atom stereocenters. The van der Waals surface area contributed by atoms with Crippen LogP contribution in [-0.4, -0.2) is 32.9 Å². The molecule has 1 fully saturated rings. The lowest BCUT2D eigenvalue weighted by Gasteiger charge is -2.31. The van der Waals surface area contributed by atoms with Gasteiger partial charge < -0.3 is 5.11 Å². The molecule has 6 heteroatoms. The van der Waals surface area contributed by atoms with Gasteiger partial charge in [-0.05, 0) is 19.1 Å². The van der Waals surface area contributed by atoms with Crippen molar-refractivity contribution in [3.63, 3.8) is 0 Å². The van der Waals surface area contributed by atoms with E-state index >= 15 is 0 Å². The molecule has 1 N–H and O–H groups in total. The van der Waals surface area contributed by atoms with Crippen LogP contribution >= 0.6 is 34.9 Å². The van der Waals surface area contributed by atoms with Crippen LogP contribution in [0.25, 0.3) is 0 Å². The normalized spacial score (nSPS) is 19.9. The van der Waals surface area contributed by atoms with Crippen molar-refractivity contribution in [2.45, 2.75) is 46.4 Å². The third kappa shape index (κ3) is 3.35. The molecule has 0 unspecified atom stereocenters. The number of thioether (sulfide) groups is 2. The molecule has 1 heterocycles. The molecule has 0 amide bonds. The molecule has 16 heavy (non-hydrogen) atoms. The van der Waals surface area contributed by atoms with Crippen LogP contribution in [0.2, 0.25) is 0 Å². The highest BCUT2D eigenvalue weighted by Gasteiger charge is 2.29. The maximum atomic E-state index is 10.3. The fourth-order valence-corrected chi connectivity index (χ4v) is 4.48. The fourth-order valence-electron chi connectivity index (χ4n) is 1.89. The standard InChI is InChI=1S/C10H16N2OS3/c1-14-8-11-12-9(16-8)15-7-10(13)5-3-2-4-6-10/h13H,2-7H2,1H3. The highest BCUT2D eigenvalue weighted by Crippen LogP contribution is 2.35. The topological polar surface area (TPSA) is 46.0 Å². The van der Waals surface area contributed by atoms with Crippen molar-refractivity contribution in [2.75, 3.05) is 12.0 Å². The summed E-state index contributed by atoms with van der Waals surface area (Å²) < 4.78 is 1.97. The molecular formula is C10H16N2OS3. The predicted molar refractivity (Wildman–Crippen MR) is 70.4 cm³/mol. The van der Waals surface area contributed by atoms with Crippen LogP contribution in [0.3, 0.4) is 0 Å². The molecule has 0 spiro atoms. The van der Waals surface area contributed by atoms with Crippen molar-refractivity contribution in [3.8, 4) is 0 Å². The highest BCUT2D eigenvalue weighted by atomic mass is 32.2. The summed E-state index contributed by atoms with van der Waals surface area (Å²) >= 11 is 4.88. The minimum absolute atomic E-state index is 0.464. The van der Waals surface area contributed by atoms with Crippen molar-refractivity contribution in [1.29, 1.82) is 0 Å². The zero-order chi connectivity index (χ0) is 11.4. The summed E-state index contributed by atoms with van der Waals surface area (Å²) in [6.45, 7) is 0. The van der Waals surface area contributed by atoms with E-state index in [0.717, 1.165) is 40.1 Å². The Labute approximate surface area is 108 Å². The van der Waals surface area contributed by atoms with Gasteiger partial charge in [-0.25, -0.2) is 0 Å². The van der Waals surface area contributed by atoms with E-state index in [1.807, 2.05) is 6.26 Å². The Bertz CT molecular complexity index is 337. The van der Waals surface area contributed by atoms with Gasteiger partial charge >= 0.3 is 0 Å². The summed E-state index contributed by atoms with van der Waals surface area (Å²) in [5.41, 5.74) is -0.464. The third-order valence-corrected chi connectivity index (χ3v) is 6.12. The van der Waals surface area contributed by atoms with Crippen LogP contribution in [0.4, 0.5) is 0 Å². The van der Waals surface area contributed by atoms with Gasteiger partial charge in [-0.15, -0.1) is 10.2 Å². The Morgan fingerprint density at radius 2 is 1.94 bits per heavy atom. The first-order valence-corrected chi connectivity index (χ1v) is 8.47. The molecule has 1 saturated carbocycles. The Morgan fingerprint density at radius 1 is 1.25 bits per heavy atom. The molecule has 1 aromatic rings. The second-order valence-corrected chi connectivity index (χ2v) is 7.37. The number of hydrogen-bond acceptors (Lipinski definition) is 6. The minimum atomic E-state index is -0.464. The summed E-state index contributed by atoms with van der Waals surface area (Å²) in [4.78, 5) is 0. The third-order valence-electron chi connectivity index (χ3n) is 2.81. The Morgan fingerprint density at radius 3 is 2.56 bits per heavy atom. The maximum absolute atomic E-state index is 10.3. The summed E-state index contributed by atoms with van der Waals surface area (Å²) in [6.07, 6.45) is 7.46. The first kappa shape index (κ1) is 12.7. The number of aliphatic hydroxyl groups is 1. The van der Waals surface area contributed by atoms with Gasteiger partial charge in [0.25, 0.3) is 0 Å². The Balaban J connectivity index is 1.86. The Kier molecular flexibility index (Phi) is 4.52. The lowest BCUT2D eigenvalue weighted by molar-refractivity contribution is 0.0273. The average Bonchev–Trinajstić information content (AvgIpc) is 2.75. The van der Waals surface area contributed by atoms with E-state index in [1.54, 1.807) is 34.9 Å². The lowest BCUT2D eigenvalue weighted by Crippen LogP contribution is -2.33. The monoisotopic (exact) mass is 276 g/mol. The quantitative estimate of drug-likeness (QED) is 0.856. The summed E-state index contributed by atoms with van der Waals surface area (Å²) in [7, 11) is 0. The van der Waals surface area contributed by atoms with E-state index in [0.29, 0.717) is 0 Å². The van der Waals surface area contributed by atoms with Crippen LogP contribution in [0, 0.1) is 0 Å². The van der Waals surface area contributed by atoms with Gasteiger partial charge in [0.05, 0.1) is 5.60 Å². The van der Waals surface area contributed by atoms with E-state index in [9.17, 15) is 5.11 Å². The number of hydrogen-bond donors (Lipinski definition) is 1. The van der Waals surface area contributed by atoms with Gasteiger partial charge in [0.2, 0.25) is 0 Å². The van der Waals surface area contributed by atoms with Gasteiger partial charge in [0, 0.05) is 5.75 Å². The smallest absolute Gasteiger partial charge is 0.175 e. The van der Waals surface area contributed by atoms with E-state index < -0.39 is 5.60 Å². The molecule has 0 bridgehead atoms. The van der Waals surface area contributed by atoms with Crippen molar-refractivity contribution in [3.05, 3.63) is 0 Å². The van der Waals surface area contributed by atoms with Crippen molar-refractivity contribution in [2.24, 2.45) is 0 Å². The molecular weight excluding hydrogens is 260 g/mol. The van der Waals surface area contributed by atoms with Crippen LogP contribution in [-0.2, 0) is 0 Å². The zero-order valence-corrected chi connectivity index (χ0v) is 11.8. The first-order valence-electron chi connectivity index (χ1n) is 5.44. The first-order chi connectivity index (χ1) is 7.72. The molecule has 0 radical (unpaired) electrons. The van der Waals surface area contributed by atoms with Crippen molar-refractivity contribution < 1.29 is 5.11 Å². The van der Waals surface area contributed by atoms with Gasteiger partial charge in [0.1, 0.15) is 0 Å². The van der Waals surface area contributed by atoms with Crippen LogP contribution in [0.15, 0.2) is 8.68 Å². The average molecular weight is 276 g/mol. The number of rotatable bonds is 4. The Hall–Kier alpha value is 0.220. The van der Waals surface area contributed by atoms with Gasteiger partial charge in [-0.1, -0.05) is 54.1 Å².